The van der Waals surface area contributed by atoms with Crippen LogP contribution >= 0.6 is 22.6 Å². The summed E-state index contributed by atoms with van der Waals surface area (Å²) in [5.74, 6) is 2.80. The summed E-state index contributed by atoms with van der Waals surface area (Å²) in [4.78, 5) is 11.4. The summed E-state index contributed by atoms with van der Waals surface area (Å²) in [5, 5.41) is 2.65. The molecule has 4 nitrogen and oxygen atoms in total. The van der Waals surface area contributed by atoms with Crippen molar-refractivity contribution in [2.24, 2.45) is 0 Å². The molecule has 5 heteroatoms. The van der Waals surface area contributed by atoms with Crippen LogP contribution in [0.5, 0.6) is 0 Å². The van der Waals surface area contributed by atoms with Gasteiger partial charge in [-0.3, -0.25) is 5.32 Å². The molecule has 19 heavy (non-hydrogen) atoms. The van der Waals surface area contributed by atoms with Crippen LogP contribution in [0.1, 0.15) is 12.8 Å². The molecule has 0 atom stereocenters. The fourth-order valence-electron chi connectivity index (χ4n) is 1.30. The second-order valence-corrected chi connectivity index (χ2v) is 4.20. The minimum atomic E-state index is -0.428. The Bertz CT molecular complexity index is 425. The molecular weight excluding hydrogens is 357 g/mol. The summed E-state index contributed by atoms with van der Waals surface area (Å²) in [5.41, 5.74) is 0.730. The van der Waals surface area contributed by atoms with Gasteiger partial charge in [0.05, 0.1) is 6.61 Å². The Morgan fingerprint density at radius 1 is 1.21 bits per heavy atom. The zero-order chi connectivity index (χ0) is 13.8. The highest BCUT2D eigenvalue weighted by molar-refractivity contribution is 14.1. The zero-order valence-corrected chi connectivity index (χ0v) is 12.7. The van der Waals surface area contributed by atoms with Crippen LogP contribution in [0.4, 0.5) is 10.5 Å². The van der Waals surface area contributed by atoms with E-state index in [4.69, 9.17) is 9.47 Å². The van der Waals surface area contributed by atoms with Crippen molar-refractivity contribution in [1.82, 2.24) is 0 Å². The Balaban J connectivity index is 2.00. The minimum Gasteiger partial charge on any atom is -0.449 e. The molecule has 1 amide bonds. The Morgan fingerprint density at radius 2 is 1.95 bits per heavy atom. The quantitative estimate of drug-likeness (QED) is 0.453. The number of hydrogen-bond acceptors (Lipinski definition) is 3. The molecule has 0 aliphatic heterocycles. The number of anilines is 1. The van der Waals surface area contributed by atoms with Gasteiger partial charge in [-0.05, 0) is 28.9 Å². The van der Waals surface area contributed by atoms with Gasteiger partial charge in [0.15, 0.2) is 0 Å². The van der Waals surface area contributed by atoms with Gasteiger partial charge in [-0.1, -0.05) is 24.1 Å². The highest BCUT2D eigenvalue weighted by Crippen LogP contribution is 2.05. The molecule has 0 saturated carbocycles. The maximum Gasteiger partial charge on any atom is 0.411 e. The number of para-hydroxylation sites is 1. The highest BCUT2D eigenvalue weighted by Gasteiger charge is 2.01. The van der Waals surface area contributed by atoms with Crippen molar-refractivity contribution < 1.29 is 14.3 Å². The third-order valence-corrected chi connectivity index (χ3v) is 2.56. The number of unbranched alkanes of at least 4 members (excludes halogenated alkanes) is 1. The number of carbonyl (C=O) groups excluding carboxylic acids is 1. The Morgan fingerprint density at radius 3 is 2.68 bits per heavy atom. The van der Waals surface area contributed by atoms with Crippen LogP contribution in [0.3, 0.4) is 0 Å². The zero-order valence-electron chi connectivity index (χ0n) is 10.5. The number of carbonyl (C=O) groups is 1. The maximum absolute atomic E-state index is 11.4. The van der Waals surface area contributed by atoms with Crippen molar-refractivity contribution in [3.05, 3.63) is 30.3 Å². The normalized spacial score (nSPS) is 9.32. The summed E-state index contributed by atoms with van der Waals surface area (Å²) in [6.07, 6.45) is 1.20. The van der Waals surface area contributed by atoms with Crippen LogP contribution in [0.25, 0.3) is 0 Å². The van der Waals surface area contributed by atoms with E-state index in [-0.39, 0.29) is 0 Å². The van der Waals surface area contributed by atoms with Gasteiger partial charge in [-0.2, -0.15) is 0 Å². The average Bonchev–Trinajstić information content (AvgIpc) is 2.43. The van der Waals surface area contributed by atoms with Gasteiger partial charge in [-0.15, -0.1) is 0 Å². The fourth-order valence-corrected chi connectivity index (χ4v) is 1.45. The molecule has 0 fully saturated rings. The first-order valence-electron chi connectivity index (χ1n) is 5.98. The van der Waals surface area contributed by atoms with Crippen molar-refractivity contribution >= 4 is 34.4 Å². The minimum absolute atomic E-state index is 0.389. The van der Waals surface area contributed by atoms with Crippen molar-refractivity contribution in [3.63, 3.8) is 0 Å². The first-order chi connectivity index (χ1) is 9.33. The summed E-state index contributed by atoms with van der Waals surface area (Å²) in [6, 6.07) is 9.21. The monoisotopic (exact) mass is 373 g/mol. The molecule has 1 aromatic carbocycles. The molecule has 0 unspecified atom stereocenters. The largest absolute Gasteiger partial charge is 0.449 e. The van der Waals surface area contributed by atoms with E-state index in [1.54, 1.807) is 0 Å². The number of amides is 1. The molecule has 0 heterocycles. The number of ether oxygens (including phenoxy) is 2. The van der Waals surface area contributed by atoms with Crippen LogP contribution in [0.2, 0.25) is 0 Å². The van der Waals surface area contributed by atoms with Crippen molar-refractivity contribution in [2.75, 3.05) is 25.1 Å². The van der Waals surface area contributed by atoms with E-state index in [0.717, 1.165) is 18.5 Å². The lowest BCUT2D eigenvalue weighted by Gasteiger charge is -2.06. The van der Waals surface area contributed by atoms with E-state index in [1.165, 1.54) is 0 Å². The molecule has 1 aromatic rings. The van der Waals surface area contributed by atoms with Crippen LogP contribution in [0, 0.1) is 9.85 Å². The summed E-state index contributed by atoms with van der Waals surface area (Å²) in [7, 11) is 0. The van der Waals surface area contributed by atoms with E-state index >= 15 is 0 Å². The summed E-state index contributed by atoms with van der Waals surface area (Å²) >= 11 is 1.97. The lowest BCUT2D eigenvalue weighted by atomic mass is 10.3. The standard InChI is InChI=1S/C14H16INO3/c15-9-6-11-18-10-4-5-12-19-14(17)16-13-7-2-1-3-8-13/h1-3,7-8H,4-5,10-12H2,(H,16,17). The van der Waals surface area contributed by atoms with Crippen molar-refractivity contribution in [2.45, 2.75) is 12.8 Å². The van der Waals surface area contributed by atoms with Crippen molar-refractivity contribution in [1.29, 1.82) is 0 Å². The van der Waals surface area contributed by atoms with E-state index in [9.17, 15) is 4.79 Å². The van der Waals surface area contributed by atoms with Crippen LogP contribution < -0.4 is 5.32 Å². The topological polar surface area (TPSA) is 47.6 Å². The second-order valence-electron chi connectivity index (χ2n) is 3.66. The third-order valence-electron chi connectivity index (χ3n) is 2.18. The average molecular weight is 373 g/mol. The third kappa shape index (κ3) is 8.46. The van der Waals surface area contributed by atoms with Crippen molar-refractivity contribution in [3.8, 4) is 9.85 Å². The predicted octanol–water partition coefficient (Wildman–Crippen LogP) is 3.43. The molecule has 0 aliphatic carbocycles. The molecule has 0 bridgehead atoms. The smallest absolute Gasteiger partial charge is 0.411 e. The van der Waals surface area contributed by atoms with Crippen LogP contribution in [0.15, 0.2) is 30.3 Å². The maximum atomic E-state index is 11.4. The molecule has 0 aromatic heterocycles. The molecule has 0 spiro atoms. The lowest BCUT2D eigenvalue weighted by molar-refractivity contribution is 0.138. The van der Waals surface area contributed by atoms with E-state index < -0.39 is 6.09 Å². The molecule has 0 aliphatic rings. The van der Waals surface area contributed by atoms with Gasteiger partial charge < -0.3 is 9.47 Å². The van der Waals surface area contributed by atoms with Gasteiger partial charge >= 0.3 is 6.09 Å². The van der Waals surface area contributed by atoms with Gasteiger partial charge in [0, 0.05) is 34.9 Å². The number of nitrogens with one attached hydrogen (secondary N) is 1. The Labute approximate surface area is 127 Å². The van der Waals surface area contributed by atoms with E-state index in [2.05, 4.69) is 15.2 Å². The summed E-state index contributed by atoms with van der Waals surface area (Å²) in [6.45, 7) is 1.48. The second kappa shape index (κ2) is 10.6. The lowest BCUT2D eigenvalue weighted by Crippen LogP contribution is -2.14. The number of benzene rings is 1. The summed E-state index contributed by atoms with van der Waals surface area (Å²) < 4.78 is 13.0. The molecule has 1 rings (SSSR count). The molecule has 0 radical (unpaired) electrons. The number of rotatable bonds is 7. The van der Waals surface area contributed by atoms with Gasteiger partial charge in [0.2, 0.25) is 0 Å². The highest BCUT2D eigenvalue weighted by atomic mass is 127. The Kier molecular flexibility index (Phi) is 8.85. The van der Waals surface area contributed by atoms with Crippen LogP contribution in [-0.2, 0) is 9.47 Å². The molecule has 0 saturated heterocycles. The SMILES string of the molecule is O=C(Nc1ccccc1)OCCCCOCC#CI. The van der Waals surface area contributed by atoms with E-state index in [0.29, 0.717) is 19.8 Å². The van der Waals surface area contributed by atoms with Gasteiger partial charge in [-0.25, -0.2) is 4.79 Å². The fraction of sp³-hybridized carbons (Fsp3) is 0.357. The number of hydrogen-bond donors (Lipinski definition) is 1. The Hall–Kier alpha value is -1.26. The molecular formula is C14H16INO3. The van der Waals surface area contributed by atoms with Gasteiger partial charge in [0.25, 0.3) is 0 Å². The first kappa shape index (κ1) is 15.8. The van der Waals surface area contributed by atoms with Crippen LogP contribution in [-0.4, -0.2) is 25.9 Å². The van der Waals surface area contributed by atoms with Gasteiger partial charge in [0.1, 0.15) is 6.61 Å². The first-order valence-corrected chi connectivity index (χ1v) is 7.06. The van der Waals surface area contributed by atoms with E-state index in [1.807, 2.05) is 52.9 Å². The molecule has 102 valence electrons. The number of halogens is 1. The predicted molar refractivity (Wildman–Crippen MR) is 83.3 cm³/mol. The molecule has 1 N–H and O–H groups in total.